The molecule has 1 fully saturated rings. The van der Waals surface area contributed by atoms with Crippen LogP contribution in [0.15, 0.2) is 53.5 Å². The van der Waals surface area contributed by atoms with Crippen molar-refractivity contribution in [1.82, 2.24) is 16.0 Å². The van der Waals surface area contributed by atoms with Crippen molar-refractivity contribution in [2.75, 3.05) is 20.2 Å². The normalized spacial score (nSPS) is 14.1. The number of benzene rings is 2. The summed E-state index contributed by atoms with van der Waals surface area (Å²) in [6, 6.07) is 15.7. The van der Waals surface area contributed by atoms with E-state index in [2.05, 4.69) is 20.9 Å². The Kier molecular flexibility index (Phi) is 9.22. The first-order valence-corrected chi connectivity index (χ1v) is 11.3. The van der Waals surface area contributed by atoms with Crippen LogP contribution < -0.4 is 25.4 Å². The Hall–Kier alpha value is -3.22. The number of carbonyl (C=O) groups excluding carboxylic acids is 1. The van der Waals surface area contributed by atoms with E-state index in [1.807, 2.05) is 55.5 Å². The quantitative estimate of drug-likeness (QED) is 0.391. The maximum Gasteiger partial charge on any atom is 0.239 e. The second kappa shape index (κ2) is 12.6. The molecule has 0 aliphatic heterocycles. The Morgan fingerprint density at radius 2 is 1.81 bits per heavy atom. The monoisotopic (exact) mass is 438 g/mol. The van der Waals surface area contributed by atoms with Crippen LogP contribution in [0.25, 0.3) is 0 Å². The second-order valence-electron chi connectivity index (χ2n) is 7.78. The van der Waals surface area contributed by atoms with Crippen LogP contribution in [-0.4, -0.2) is 38.2 Å². The zero-order chi connectivity index (χ0) is 22.6. The van der Waals surface area contributed by atoms with Gasteiger partial charge < -0.3 is 25.4 Å². The molecule has 2 aromatic carbocycles. The maximum absolute atomic E-state index is 12.2. The fourth-order valence-corrected chi connectivity index (χ4v) is 3.68. The second-order valence-corrected chi connectivity index (χ2v) is 7.78. The number of guanidine groups is 1. The largest absolute Gasteiger partial charge is 0.493 e. The molecule has 7 heteroatoms. The van der Waals surface area contributed by atoms with Gasteiger partial charge in [-0.05, 0) is 44.2 Å². The Morgan fingerprint density at radius 1 is 1.03 bits per heavy atom. The van der Waals surface area contributed by atoms with E-state index in [-0.39, 0.29) is 18.6 Å². The molecule has 1 saturated carbocycles. The van der Waals surface area contributed by atoms with Crippen molar-refractivity contribution in [2.24, 2.45) is 4.99 Å². The number of aliphatic imine (C=N–C) groups is 1. The fourth-order valence-electron chi connectivity index (χ4n) is 3.68. The van der Waals surface area contributed by atoms with E-state index < -0.39 is 0 Å². The number of rotatable bonds is 10. The van der Waals surface area contributed by atoms with Gasteiger partial charge in [0.25, 0.3) is 0 Å². The average molecular weight is 439 g/mol. The highest BCUT2D eigenvalue weighted by atomic mass is 16.5. The van der Waals surface area contributed by atoms with E-state index in [0.29, 0.717) is 25.6 Å². The zero-order valence-corrected chi connectivity index (χ0v) is 19.0. The zero-order valence-electron chi connectivity index (χ0n) is 19.0. The standard InChI is InChI=1S/C25H34N4O3/c1-3-26-25(29-18-23(30)27-16-19-10-5-4-6-11-19)28-17-20-12-9-15-22(31-2)24(20)32-21-13-7-8-14-21/h4-6,9-12,15,21H,3,7-8,13-14,16-18H2,1-2H3,(H,27,30)(H2,26,28,29). The first kappa shape index (κ1) is 23.4. The summed E-state index contributed by atoms with van der Waals surface area (Å²) in [5.41, 5.74) is 2.02. The summed E-state index contributed by atoms with van der Waals surface area (Å²) < 4.78 is 11.8. The fraction of sp³-hybridized carbons (Fsp3) is 0.440. The van der Waals surface area contributed by atoms with Crippen molar-refractivity contribution in [3.63, 3.8) is 0 Å². The van der Waals surface area contributed by atoms with Crippen molar-refractivity contribution in [2.45, 2.75) is 51.8 Å². The molecule has 172 valence electrons. The predicted octanol–water partition coefficient (Wildman–Crippen LogP) is 3.39. The van der Waals surface area contributed by atoms with E-state index in [1.54, 1.807) is 7.11 Å². The molecule has 0 bridgehead atoms. The summed E-state index contributed by atoms with van der Waals surface area (Å²) in [6.45, 7) is 3.75. The highest BCUT2D eigenvalue weighted by Crippen LogP contribution is 2.35. The van der Waals surface area contributed by atoms with Crippen LogP contribution >= 0.6 is 0 Å². The summed E-state index contributed by atoms with van der Waals surface area (Å²) in [5.74, 6) is 1.98. The van der Waals surface area contributed by atoms with Gasteiger partial charge in [0, 0.05) is 18.7 Å². The van der Waals surface area contributed by atoms with E-state index in [4.69, 9.17) is 9.47 Å². The number of nitrogens with one attached hydrogen (secondary N) is 3. The summed E-state index contributed by atoms with van der Waals surface area (Å²) in [5, 5.41) is 9.21. The molecule has 0 radical (unpaired) electrons. The topological polar surface area (TPSA) is 84.0 Å². The van der Waals surface area contributed by atoms with E-state index >= 15 is 0 Å². The molecule has 1 aliphatic rings. The number of carbonyl (C=O) groups is 1. The molecule has 1 aliphatic carbocycles. The molecule has 2 aromatic rings. The summed E-state index contributed by atoms with van der Waals surface area (Å²) in [6.07, 6.45) is 4.78. The summed E-state index contributed by atoms with van der Waals surface area (Å²) >= 11 is 0. The Bertz CT molecular complexity index is 880. The van der Waals surface area contributed by atoms with E-state index in [1.165, 1.54) is 12.8 Å². The van der Waals surface area contributed by atoms with Gasteiger partial charge in [0.05, 0.1) is 26.3 Å². The molecule has 0 heterocycles. The van der Waals surface area contributed by atoms with Crippen LogP contribution in [0.5, 0.6) is 11.5 Å². The Labute approximate surface area is 190 Å². The predicted molar refractivity (Wildman–Crippen MR) is 127 cm³/mol. The molecule has 7 nitrogen and oxygen atoms in total. The van der Waals surface area contributed by atoms with Crippen LogP contribution in [0.2, 0.25) is 0 Å². The lowest BCUT2D eigenvalue weighted by molar-refractivity contribution is -0.120. The maximum atomic E-state index is 12.2. The average Bonchev–Trinajstić information content (AvgIpc) is 3.34. The van der Waals surface area contributed by atoms with Gasteiger partial charge in [-0.15, -0.1) is 0 Å². The first-order chi connectivity index (χ1) is 15.7. The highest BCUT2D eigenvalue weighted by molar-refractivity contribution is 5.86. The number of ether oxygens (including phenoxy) is 2. The summed E-state index contributed by atoms with van der Waals surface area (Å²) in [4.78, 5) is 16.9. The van der Waals surface area contributed by atoms with Gasteiger partial charge in [-0.1, -0.05) is 42.5 Å². The van der Waals surface area contributed by atoms with Crippen LogP contribution in [0, 0.1) is 0 Å². The van der Waals surface area contributed by atoms with Crippen molar-refractivity contribution >= 4 is 11.9 Å². The highest BCUT2D eigenvalue weighted by Gasteiger charge is 2.20. The van der Waals surface area contributed by atoms with Gasteiger partial charge in [-0.3, -0.25) is 4.79 Å². The van der Waals surface area contributed by atoms with Crippen molar-refractivity contribution in [3.05, 3.63) is 59.7 Å². The lowest BCUT2D eigenvalue weighted by Crippen LogP contribution is -2.43. The van der Waals surface area contributed by atoms with Gasteiger partial charge in [-0.25, -0.2) is 4.99 Å². The van der Waals surface area contributed by atoms with Crippen molar-refractivity contribution in [3.8, 4) is 11.5 Å². The molecule has 0 atom stereocenters. The lowest BCUT2D eigenvalue weighted by atomic mass is 10.1. The number of amides is 1. The molecule has 3 N–H and O–H groups in total. The van der Waals surface area contributed by atoms with Crippen LogP contribution in [0.3, 0.4) is 0 Å². The SMILES string of the molecule is CCNC(=NCc1cccc(OC)c1OC1CCCC1)NCC(=O)NCc1ccccc1. The molecule has 0 saturated heterocycles. The molecular formula is C25H34N4O3. The number of hydrogen-bond acceptors (Lipinski definition) is 4. The van der Waals surface area contributed by atoms with Gasteiger partial charge in [0.2, 0.25) is 5.91 Å². The van der Waals surface area contributed by atoms with Crippen molar-refractivity contribution in [1.29, 1.82) is 0 Å². The number of methoxy groups -OCH3 is 1. The number of nitrogens with zero attached hydrogens (tertiary/aromatic N) is 1. The molecule has 3 rings (SSSR count). The molecule has 0 unspecified atom stereocenters. The van der Waals surface area contributed by atoms with E-state index in [9.17, 15) is 4.79 Å². The third-order valence-corrected chi connectivity index (χ3v) is 5.37. The smallest absolute Gasteiger partial charge is 0.239 e. The number of hydrogen-bond donors (Lipinski definition) is 3. The number of para-hydroxylation sites is 1. The summed E-state index contributed by atoms with van der Waals surface area (Å²) in [7, 11) is 1.66. The molecule has 0 spiro atoms. The van der Waals surface area contributed by atoms with Crippen LogP contribution in [0.1, 0.15) is 43.7 Å². The third-order valence-electron chi connectivity index (χ3n) is 5.37. The minimum atomic E-state index is -0.0916. The molecular weight excluding hydrogens is 404 g/mol. The molecule has 1 amide bonds. The van der Waals surface area contributed by atoms with Crippen LogP contribution in [-0.2, 0) is 17.9 Å². The van der Waals surface area contributed by atoms with Crippen LogP contribution in [0.4, 0.5) is 0 Å². The first-order valence-electron chi connectivity index (χ1n) is 11.3. The molecule has 0 aromatic heterocycles. The van der Waals surface area contributed by atoms with Gasteiger partial charge in [0.15, 0.2) is 17.5 Å². The van der Waals surface area contributed by atoms with E-state index in [0.717, 1.165) is 35.5 Å². The van der Waals surface area contributed by atoms with Gasteiger partial charge in [0.1, 0.15) is 0 Å². The Balaban J connectivity index is 1.59. The van der Waals surface area contributed by atoms with Crippen molar-refractivity contribution < 1.29 is 14.3 Å². The van der Waals surface area contributed by atoms with Gasteiger partial charge in [-0.2, -0.15) is 0 Å². The third kappa shape index (κ3) is 7.18. The molecule has 32 heavy (non-hydrogen) atoms. The lowest BCUT2D eigenvalue weighted by Gasteiger charge is -2.19. The van der Waals surface area contributed by atoms with Gasteiger partial charge >= 0.3 is 0 Å². The minimum Gasteiger partial charge on any atom is -0.493 e. The Morgan fingerprint density at radius 3 is 2.53 bits per heavy atom. The minimum absolute atomic E-state index is 0.0916.